The molecule has 1 aromatic rings. The first-order valence-corrected chi connectivity index (χ1v) is 14.8. The molecule has 3 heterocycles. The number of carbonyl (C=O) groups is 3. The van der Waals surface area contributed by atoms with Crippen molar-refractivity contribution in [1.82, 2.24) is 10.2 Å². The maximum Gasteiger partial charge on any atom is 0.316 e. The van der Waals surface area contributed by atoms with E-state index >= 15 is 0 Å². The summed E-state index contributed by atoms with van der Waals surface area (Å²) in [6, 6.07) is 8.74. The Bertz CT molecular complexity index is 940. The van der Waals surface area contributed by atoms with E-state index in [-0.39, 0.29) is 29.9 Å². The number of hydrogen-bond acceptors (Lipinski definition) is 5. The molecule has 1 N–H and O–H groups in total. The Balaban J connectivity index is 1.17. The van der Waals surface area contributed by atoms with Crippen molar-refractivity contribution >= 4 is 18.2 Å². The van der Waals surface area contributed by atoms with E-state index in [9.17, 15) is 14.4 Å². The normalized spacial score (nSPS) is 30.9. The minimum atomic E-state index is -0.530. The first-order valence-electron chi connectivity index (χ1n) is 14.8. The fourth-order valence-corrected chi connectivity index (χ4v) is 7.24. The Labute approximate surface area is 221 Å². The van der Waals surface area contributed by atoms with Gasteiger partial charge < -0.3 is 14.8 Å². The number of hydrogen-bond donors (Lipinski definition) is 1. The van der Waals surface area contributed by atoms with Crippen LogP contribution in [0.5, 0.6) is 0 Å². The lowest BCUT2D eigenvalue weighted by Gasteiger charge is -2.45. The number of fused-ring (bicyclic) bond motifs is 3. The average Bonchev–Trinajstić information content (AvgIpc) is 2.94. The number of nitrogens with one attached hydrogen (secondary N) is 1. The first-order chi connectivity index (χ1) is 18.1. The lowest BCUT2D eigenvalue weighted by molar-refractivity contribution is -0.167. The van der Waals surface area contributed by atoms with Crippen LogP contribution in [0.25, 0.3) is 0 Å². The van der Waals surface area contributed by atoms with Gasteiger partial charge in [-0.05, 0) is 94.3 Å². The van der Waals surface area contributed by atoms with E-state index in [2.05, 4.69) is 34.5 Å². The maximum absolute atomic E-state index is 13.8. The van der Waals surface area contributed by atoms with E-state index in [0.717, 1.165) is 109 Å². The molecule has 6 nitrogen and oxygen atoms in total. The molecule has 6 rings (SSSR count). The van der Waals surface area contributed by atoms with Crippen LogP contribution in [0.1, 0.15) is 94.6 Å². The Hall–Kier alpha value is -2.21. The molecule has 5 aliphatic rings. The van der Waals surface area contributed by atoms with Crippen molar-refractivity contribution in [2.45, 2.75) is 107 Å². The van der Waals surface area contributed by atoms with Gasteiger partial charge in [0.2, 0.25) is 5.91 Å². The van der Waals surface area contributed by atoms with E-state index in [4.69, 9.17) is 4.74 Å². The van der Waals surface area contributed by atoms with E-state index < -0.39 is 5.41 Å². The van der Waals surface area contributed by atoms with Crippen molar-refractivity contribution in [3.05, 3.63) is 35.4 Å². The molecule has 3 saturated heterocycles. The summed E-state index contributed by atoms with van der Waals surface area (Å²) in [7, 11) is 0. The summed E-state index contributed by atoms with van der Waals surface area (Å²) in [6.45, 7) is 3.18. The molecule has 1 atom stereocenters. The van der Waals surface area contributed by atoms with Gasteiger partial charge in [-0.3, -0.25) is 14.5 Å². The molecule has 2 bridgehead atoms. The molecular weight excluding hydrogens is 464 g/mol. The second kappa shape index (κ2) is 12.1. The lowest BCUT2D eigenvalue weighted by Crippen LogP contribution is -2.53. The Morgan fingerprint density at radius 3 is 2.46 bits per heavy atom. The van der Waals surface area contributed by atoms with Gasteiger partial charge in [-0.25, -0.2) is 0 Å². The highest BCUT2D eigenvalue weighted by Gasteiger charge is 2.45. The van der Waals surface area contributed by atoms with E-state index in [1.165, 1.54) is 12.0 Å². The van der Waals surface area contributed by atoms with Gasteiger partial charge in [-0.1, -0.05) is 43.5 Å². The quantitative estimate of drug-likeness (QED) is 0.386. The lowest BCUT2D eigenvalue weighted by atomic mass is 9.69. The van der Waals surface area contributed by atoms with Crippen molar-refractivity contribution in [3.63, 3.8) is 0 Å². The number of carbonyl (C=O) groups excluding carboxylic acids is 3. The van der Waals surface area contributed by atoms with Gasteiger partial charge in [0.05, 0.1) is 5.41 Å². The van der Waals surface area contributed by atoms with Gasteiger partial charge in [0.15, 0.2) is 0 Å². The first kappa shape index (κ1) is 26.4. The van der Waals surface area contributed by atoms with Crippen molar-refractivity contribution in [2.75, 3.05) is 19.6 Å². The summed E-state index contributed by atoms with van der Waals surface area (Å²) >= 11 is 0. The summed E-state index contributed by atoms with van der Waals surface area (Å²) in [4.78, 5) is 39.7. The molecule has 3 aliphatic heterocycles. The van der Waals surface area contributed by atoms with Crippen molar-refractivity contribution in [2.24, 2.45) is 11.8 Å². The number of benzene rings is 1. The number of piperidine rings is 3. The zero-order chi connectivity index (χ0) is 25.7. The van der Waals surface area contributed by atoms with Crippen LogP contribution >= 0.6 is 0 Å². The van der Waals surface area contributed by atoms with Gasteiger partial charge in [0, 0.05) is 24.9 Å². The summed E-state index contributed by atoms with van der Waals surface area (Å²) in [5.41, 5.74) is 1.77. The molecule has 6 heteroatoms. The van der Waals surface area contributed by atoms with E-state index in [1.54, 1.807) is 0 Å². The molecule has 37 heavy (non-hydrogen) atoms. The molecule has 0 unspecified atom stereocenters. The Morgan fingerprint density at radius 2 is 1.78 bits per heavy atom. The van der Waals surface area contributed by atoms with E-state index in [1.807, 2.05) is 0 Å². The molecule has 0 aromatic heterocycles. The second-order valence-electron chi connectivity index (χ2n) is 12.1. The number of amides is 1. The third-order valence-corrected chi connectivity index (χ3v) is 9.63. The van der Waals surface area contributed by atoms with Crippen LogP contribution in [0.15, 0.2) is 24.3 Å². The topological polar surface area (TPSA) is 75.7 Å². The molecule has 0 spiro atoms. The molecule has 2 aliphatic carbocycles. The fraction of sp³-hybridized carbons (Fsp3) is 0.710. The summed E-state index contributed by atoms with van der Waals surface area (Å²) in [5.74, 6) is 0.787. The number of esters is 1. The van der Waals surface area contributed by atoms with Crippen molar-refractivity contribution < 1.29 is 19.1 Å². The van der Waals surface area contributed by atoms with Crippen LogP contribution in [0.2, 0.25) is 0 Å². The van der Waals surface area contributed by atoms with Crippen LogP contribution in [-0.2, 0) is 31.0 Å². The van der Waals surface area contributed by atoms with Gasteiger partial charge >= 0.3 is 5.97 Å². The molecule has 202 valence electrons. The van der Waals surface area contributed by atoms with E-state index in [0.29, 0.717) is 12.3 Å². The molecule has 0 radical (unpaired) electrons. The maximum atomic E-state index is 13.8. The summed E-state index contributed by atoms with van der Waals surface area (Å²) in [6.07, 6.45) is 14.1. The highest BCUT2D eigenvalue weighted by Crippen LogP contribution is 2.42. The van der Waals surface area contributed by atoms with Crippen LogP contribution in [0, 0.1) is 11.8 Å². The number of rotatable bonds is 9. The molecule has 5 fully saturated rings. The zero-order valence-electron chi connectivity index (χ0n) is 22.3. The van der Waals surface area contributed by atoms with Crippen LogP contribution < -0.4 is 5.32 Å². The highest BCUT2D eigenvalue weighted by molar-refractivity contribution is 5.83. The molecule has 1 aromatic carbocycles. The summed E-state index contributed by atoms with van der Waals surface area (Å²) in [5, 5.41) is 3.16. The smallest absolute Gasteiger partial charge is 0.316 e. The highest BCUT2D eigenvalue weighted by atomic mass is 16.5. The predicted octanol–water partition coefficient (Wildman–Crippen LogP) is 4.72. The molecule has 2 saturated carbocycles. The Kier molecular flexibility index (Phi) is 8.63. The van der Waals surface area contributed by atoms with Gasteiger partial charge in [-0.2, -0.15) is 0 Å². The minimum absolute atomic E-state index is 0.00761. The number of aldehydes is 1. The predicted molar refractivity (Wildman–Crippen MR) is 143 cm³/mol. The SMILES string of the molecule is O=C[C@H]1CC[C@H](NC(=O)CCCc2cccc(C3(C(=O)O[C@H]4CN5CCC4CC5)CCCCC3)c2)CC1. The largest absolute Gasteiger partial charge is 0.460 e. The average molecular weight is 509 g/mol. The van der Waals surface area contributed by atoms with Gasteiger partial charge in [0.1, 0.15) is 12.4 Å². The van der Waals surface area contributed by atoms with Gasteiger partial charge in [-0.15, -0.1) is 0 Å². The number of aryl methyl sites for hydroxylation is 1. The minimum Gasteiger partial charge on any atom is -0.460 e. The summed E-state index contributed by atoms with van der Waals surface area (Å²) < 4.78 is 6.31. The van der Waals surface area contributed by atoms with Crippen molar-refractivity contribution in [3.8, 4) is 0 Å². The van der Waals surface area contributed by atoms with Crippen LogP contribution in [-0.4, -0.2) is 54.8 Å². The number of ether oxygens (including phenoxy) is 1. The van der Waals surface area contributed by atoms with Crippen molar-refractivity contribution in [1.29, 1.82) is 0 Å². The monoisotopic (exact) mass is 508 g/mol. The Morgan fingerprint density at radius 1 is 1.03 bits per heavy atom. The van der Waals surface area contributed by atoms with Crippen LogP contribution in [0.3, 0.4) is 0 Å². The number of nitrogens with zero attached hydrogens (tertiary/aromatic N) is 1. The van der Waals surface area contributed by atoms with Crippen LogP contribution in [0.4, 0.5) is 0 Å². The standard InChI is InChI=1S/C31H44N2O4/c34-22-24-10-12-27(13-11-24)32-29(35)9-5-7-23-6-4-8-26(20-23)31(16-2-1-3-17-31)30(36)37-28-21-33-18-14-25(28)15-19-33/h4,6,8,20,22,24-25,27-28H,1-3,5,7,9-19,21H2,(H,32,35)/t24-,27-,28-/m0/s1. The third-order valence-electron chi connectivity index (χ3n) is 9.63. The third kappa shape index (κ3) is 6.27. The fourth-order valence-electron chi connectivity index (χ4n) is 7.24. The van der Waals surface area contributed by atoms with Gasteiger partial charge in [0.25, 0.3) is 0 Å². The zero-order valence-corrected chi connectivity index (χ0v) is 22.3. The second-order valence-corrected chi connectivity index (χ2v) is 12.1. The molecule has 1 amide bonds. The molecular formula is C31H44N2O4.